The molecular formula is C46H58F2N8O8S2. The van der Waals surface area contributed by atoms with Crippen LogP contribution in [0.3, 0.4) is 0 Å². The fourth-order valence-corrected chi connectivity index (χ4v) is 11.2. The van der Waals surface area contributed by atoms with Crippen molar-refractivity contribution in [2.75, 3.05) is 58.8 Å². The maximum atomic E-state index is 14.8. The second-order valence-electron chi connectivity index (χ2n) is 16.5. The van der Waals surface area contributed by atoms with E-state index < -0.39 is 31.3 Å². The topological polar surface area (TPSA) is 216 Å². The van der Waals surface area contributed by atoms with Crippen LogP contribution in [0.4, 0.5) is 25.0 Å². The fraction of sp³-hybridized carbons (Fsp3) is 0.478. The number of rotatable bonds is 11. The first kappa shape index (κ1) is 50.1. The number of nitrogens with one attached hydrogen (secondary N) is 2. The lowest BCUT2D eigenvalue weighted by atomic mass is 9.97. The summed E-state index contributed by atoms with van der Waals surface area (Å²) in [4.78, 5) is 39.9. The van der Waals surface area contributed by atoms with Crippen LogP contribution in [-0.2, 0) is 50.5 Å². The molecule has 2 aromatic carbocycles. The summed E-state index contributed by atoms with van der Waals surface area (Å²) in [5.41, 5.74) is 6.00. The molecule has 2 amide bonds. The van der Waals surface area contributed by atoms with Gasteiger partial charge in [0.2, 0.25) is 37.9 Å². The number of anilines is 1. The highest BCUT2D eigenvalue weighted by molar-refractivity contribution is 7.90. The highest BCUT2D eigenvalue weighted by Gasteiger charge is 2.32. The summed E-state index contributed by atoms with van der Waals surface area (Å²) in [6, 6.07) is 8.74. The molecule has 4 aromatic rings. The third-order valence-corrected chi connectivity index (χ3v) is 15.9. The number of carbonyl (C=O) groups excluding carboxylic acids is 2. The zero-order chi connectivity index (χ0) is 47.6. The van der Waals surface area contributed by atoms with Crippen molar-refractivity contribution in [3.05, 3.63) is 82.7 Å². The molecule has 8 rings (SSSR count). The number of aromatic nitrogens is 2. The lowest BCUT2D eigenvalue weighted by Crippen LogP contribution is -2.46. The van der Waals surface area contributed by atoms with E-state index >= 15 is 0 Å². The van der Waals surface area contributed by atoms with E-state index in [0.717, 1.165) is 51.0 Å². The number of urea groups is 1. The Morgan fingerprint density at radius 2 is 1.23 bits per heavy atom. The zero-order valence-electron chi connectivity index (χ0n) is 37.7. The van der Waals surface area contributed by atoms with Crippen LogP contribution in [0.2, 0.25) is 0 Å². The van der Waals surface area contributed by atoms with E-state index in [1.54, 1.807) is 36.5 Å². The molecule has 4 aliphatic rings. The zero-order valence-corrected chi connectivity index (χ0v) is 39.4. The summed E-state index contributed by atoms with van der Waals surface area (Å²) < 4.78 is 89.1. The average Bonchev–Trinajstić information content (AvgIpc) is 4.03. The van der Waals surface area contributed by atoms with Gasteiger partial charge in [-0.15, -0.1) is 0 Å². The monoisotopic (exact) mass is 952 g/mol. The van der Waals surface area contributed by atoms with Gasteiger partial charge in [-0.05, 0) is 161 Å². The first-order valence-corrected chi connectivity index (χ1v) is 25.3. The number of hydrogen-bond donors (Lipinski definition) is 3. The summed E-state index contributed by atoms with van der Waals surface area (Å²) in [6.45, 7) is 9.08. The Morgan fingerprint density at radius 1 is 0.758 bits per heavy atom. The van der Waals surface area contributed by atoms with Crippen molar-refractivity contribution >= 4 is 43.5 Å². The minimum Gasteiger partial charge on any atom is -0.481 e. The Morgan fingerprint density at radius 3 is 1.73 bits per heavy atom. The third-order valence-electron chi connectivity index (χ3n) is 12.7. The lowest BCUT2D eigenvalue weighted by molar-refractivity contribution is 0.240. The van der Waals surface area contributed by atoms with Gasteiger partial charge in [-0.2, -0.15) is 4.99 Å². The van der Waals surface area contributed by atoms with Crippen molar-refractivity contribution in [1.82, 2.24) is 24.5 Å². The number of isocyanates is 1. The van der Waals surface area contributed by atoms with Gasteiger partial charge >= 0.3 is 6.03 Å². The number of methoxy groups -OCH3 is 2. The number of nitrogens with zero attached hydrogens (tertiary/aromatic N) is 5. The number of benzene rings is 2. The van der Waals surface area contributed by atoms with E-state index in [1.165, 1.54) is 32.5 Å². The molecule has 2 aliphatic heterocycles. The van der Waals surface area contributed by atoms with Gasteiger partial charge in [-0.3, -0.25) is 0 Å². The van der Waals surface area contributed by atoms with Crippen LogP contribution in [0.1, 0.15) is 74.6 Å². The Kier molecular flexibility index (Phi) is 17.0. The van der Waals surface area contributed by atoms with Crippen LogP contribution < -0.4 is 24.7 Å². The number of halogens is 2. The predicted octanol–water partition coefficient (Wildman–Crippen LogP) is 6.43. The van der Waals surface area contributed by atoms with Crippen molar-refractivity contribution in [3.63, 3.8) is 0 Å². The summed E-state index contributed by atoms with van der Waals surface area (Å²) in [5.74, 6) is 0.187. The molecule has 2 aromatic heterocycles. The Balaban J connectivity index is 0.000000185. The number of nitrogens with two attached hydrogens (primary N) is 1. The Hall–Kier alpha value is -5.37. The van der Waals surface area contributed by atoms with Crippen LogP contribution in [0.15, 0.2) is 53.8 Å². The van der Waals surface area contributed by atoms with Gasteiger partial charge in [-0.1, -0.05) is 13.8 Å². The smallest absolute Gasteiger partial charge is 0.332 e. The van der Waals surface area contributed by atoms with Crippen LogP contribution in [0.5, 0.6) is 11.8 Å². The molecular weight excluding hydrogens is 895 g/mol. The molecule has 66 heavy (non-hydrogen) atoms. The van der Waals surface area contributed by atoms with E-state index in [4.69, 9.17) is 14.6 Å². The molecule has 0 radical (unpaired) electrons. The molecule has 2 fully saturated rings. The number of pyridine rings is 2. The largest absolute Gasteiger partial charge is 0.481 e. The molecule has 0 atom stereocenters. The molecule has 0 unspecified atom stereocenters. The highest BCUT2D eigenvalue weighted by Crippen LogP contribution is 2.42. The average molecular weight is 953 g/mol. The molecule has 2 aliphatic carbocycles. The van der Waals surface area contributed by atoms with E-state index in [9.17, 15) is 35.2 Å². The van der Waals surface area contributed by atoms with E-state index in [2.05, 4.69) is 41.7 Å². The number of fused-ring (bicyclic) bond motifs is 2. The predicted molar refractivity (Wildman–Crippen MR) is 249 cm³/mol. The fourth-order valence-electron chi connectivity index (χ4n) is 9.03. The van der Waals surface area contributed by atoms with Crippen molar-refractivity contribution in [2.24, 2.45) is 10.1 Å². The summed E-state index contributed by atoms with van der Waals surface area (Å²) in [6.07, 6.45) is 11.2. The van der Waals surface area contributed by atoms with Crippen molar-refractivity contribution in [3.8, 4) is 34.0 Å². The molecule has 0 saturated carbocycles. The Labute approximate surface area is 385 Å². The number of primary sulfonamides is 1. The van der Waals surface area contributed by atoms with Crippen molar-refractivity contribution in [1.29, 1.82) is 0 Å². The van der Waals surface area contributed by atoms with Gasteiger partial charge in [0.25, 0.3) is 0 Å². The first-order valence-electron chi connectivity index (χ1n) is 22.2. The number of piperidine rings is 2. The molecule has 356 valence electrons. The second-order valence-corrected chi connectivity index (χ2v) is 20.3. The van der Waals surface area contributed by atoms with Gasteiger partial charge in [-0.25, -0.2) is 55.0 Å². The number of sulfonamides is 2. The maximum Gasteiger partial charge on any atom is 0.332 e. The summed E-state index contributed by atoms with van der Waals surface area (Å²) in [5, 5.41) is 6.85. The summed E-state index contributed by atoms with van der Waals surface area (Å²) >= 11 is 0. The molecule has 4 N–H and O–H groups in total. The molecule has 4 heterocycles. The highest BCUT2D eigenvalue weighted by atomic mass is 32.2. The number of hydrogen-bond acceptors (Lipinski definition) is 13. The molecule has 20 heteroatoms. The van der Waals surface area contributed by atoms with Crippen molar-refractivity contribution < 1.29 is 44.7 Å². The molecule has 16 nitrogen and oxygen atoms in total. The molecule has 2 saturated heterocycles. The number of carbonyl (C=O) groups is 1. The quantitative estimate of drug-likeness (QED) is 0.110. The van der Waals surface area contributed by atoms with E-state index in [-0.39, 0.29) is 16.9 Å². The number of ether oxygens (including phenoxy) is 2. The third kappa shape index (κ3) is 12.1. The second kappa shape index (κ2) is 22.4. The molecule has 0 spiro atoms. The van der Waals surface area contributed by atoms with E-state index in [1.807, 2.05) is 6.92 Å². The van der Waals surface area contributed by atoms with E-state index in [0.29, 0.717) is 120 Å². The lowest BCUT2D eigenvalue weighted by Gasteiger charge is -2.30. The van der Waals surface area contributed by atoms with Gasteiger partial charge in [0.1, 0.15) is 11.6 Å². The number of likely N-dealkylation sites (tertiary alicyclic amines) is 2. The first-order chi connectivity index (χ1) is 31.6. The van der Waals surface area contributed by atoms with Crippen LogP contribution in [-0.4, -0.2) is 113 Å². The van der Waals surface area contributed by atoms with Crippen LogP contribution >= 0.6 is 0 Å². The minimum atomic E-state index is -3.84. The van der Waals surface area contributed by atoms with Gasteiger partial charge < -0.3 is 24.6 Å². The summed E-state index contributed by atoms with van der Waals surface area (Å²) in [7, 11) is -4.12. The van der Waals surface area contributed by atoms with Gasteiger partial charge in [0.05, 0.1) is 36.1 Å². The normalized spacial score (nSPS) is 16.7. The molecule has 0 bridgehead atoms. The Bertz CT molecular complexity index is 2650. The van der Waals surface area contributed by atoms with Gasteiger partial charge in [0, 0.05) is 35.7 Å². The van der Waals surface area contributed by atoms with Crippen LogP contribution in [0, 0.1) is 11.6 Å². The standard InChI is InChI=1S/C23H29FN4O4S.C16H13FN2O2.C7H16N2O2S/c1-3-28-11-8-16(9-12-28)33(30,31)27-23(29)26-22-18-6-4-5-17(18)20(24)14-19(22)15-7-10-25-21(13-15)32-2;1-21-15-7-10(5-6-18-15)13-8-14(17)11-3-2-4-12(11)16(13)19-9-20;1-2-9-5-3-7(4-6-9)12(8,10)11/h7,10,13-14,16H,3-6,8-9,11-12H2,1-2H3,(H2,26,27,29);5-8H,2-4H2,1H3;7H,2-6H2,1H3,(H2,8,10,11). The minimum absolute atomic E-state index is 0.252. The maximum absolute atomic E-state index is 14.8. The number of aliphatic imine (C=N–C) groups is 1. The van der Waals surface area contributed by atoms with Crippen LogP contribution in [0.25, 0.3) is 22.3 Å². The number of amides is 2. The van der Waals surface area contributed by atoms with Crippen molar-refractivity contribution in [2.45, 2.75) is 88.6 Å². The van der Waals surface area contributed by atoms with Gasteiger partial charge in [0.15, 0.2) is 0 Å². The SMILES string of the molecule is CCN1CCC(S(=O)(=O)NC(=O)Nc2c(-c3ccnc(OC)c3)cc(F)c3c2CCC3)CC1.CCN1CCC(S(N)(=O)=O)CC1.COc1cc(-c2cc(F)c3c(c2N=C=O)CCC3)ccn1.